The topological polar surface area (TPSA) is 74.8 Å². The predicted octanol–water partition coefficient (Wildman–Crippen LogP) is 2.86. The van der Waals surface area contributed by atoms with Crippen molar-refractivity contribution in [2.24, 2.45) is 0 Å². The van der Waals surface area contributed by atoms with Crippen molar-refractivity contribution in [2.75, 3.05) is 13.1 Å². The van der Waals surface area contributed by atoms with Crippen LogP contribution in [0.1, 0.15) is 55.9 Å². The third-order valence-corrected chi connectivity index (χ3v) is 5.64. The Balaban J connectivity index is 1.42. The van der Waals surface area contributed by atoms with Gasteiger partial charge in [-0.2, -0.15) is 0 Å². The van der Waals surface area contributed by atoms with Gasteiger partial charge in [0.25, 0.3) is 11.8 Å². The number of imide groups is 1. The average molecular weight is 390 g/mol. The highest BCUT2D eigenvalue weighted by atomic mass is 16.2. The number of nitrogens with zero attached hydrogens (tertiary/aromatic N) is 2. The summed E-state index contributed by atoms with van der Waals surface area (Å²) in [5.41, 5.74) is 2.42. The Labute approximate surface area is 169 Å². The van der Waals surface area contributed by atoms with Crippen LogP contribution in [0.25, 0.3) is 0 Å². The molecule has 2 aliphatic heterocycles. The smallest absolute Gasteiger partial charge is 0.261 e. The van der Waals surface area contributed by atoms with Crippen molar-refractivity contribution in [1.29, 1.82) is 0 Å². The Bertz CT molecular complexity index is 961. The second-order valence-corrected chi connectivity index (χ2v) is 7.53. The monoisotopic (exact) mass is 390 g/mol. The second kappa shape index (κ2) is 7.62. The number of ketones is 1. The Morgan fingerprint density at radius 3 is 2.21 bits per heavy atom. The fourth-order valence-electron chi connectivity index (χ4n) is 4.04. The Hall–Kier alpha value is -3.28. The number of amides is 3. The Morgan fingerprint density at radius 2 is 1.59 bits per heavy atom. The van der Waals surface area contributed by atoms with E-state index in [1.807, 2.05) is 19.1 Å². The normalized spacial score (nSPS) is 18.3. The number of benzene rings is 2. The van der Waals surface area contributed by atoms with E-state index in [-0.39, 0.29) is 36.5 Å². The van der Waals surface area contributed by atoms with Crippen LogP contribution in [0.3, 0.4) is 0 Å². The summed E-state index contributed by atoms with van der Waals surface area (Å²) in [6, 6.07) is 13.5. The molecule has 3 amide bonds. The van der Waals surface area contributed by atoms with Gasteiger partial charge in [-0.1, -0.05) is 42.0 Å². The minimum absolute atomic E-state index is 0.0170. The molecule has 0 saturated carbocycles. The summed E-state index contributed by atoms with van der Waals surface area (Å²) in [7, 11) is 0. The minimum atomic E-state index is -0.479. The fourth-order valence-corrected chi connectivity index (χ4v) is 4.04. The molecule has 4 rings (SSSR count). The van der Waals surface area contributed by atoms with E-state index in [9.17, 15) is 19.2 Å². The van der Waals surface area contributed by atoms with Gasteiger partial charge in [0, 0.05) is 25.1 Å². The molecule has 0 spiro atoms. The van der Waals surface area contributed by atoms with Crippen LogP contribution < -0.4 is 0 Å². The first-order chi connectivity index (χ1) is 14.0. The maximum Gasteiger partial charge on any atom is 0.261 e. The number of carbonyl (C=O) groups is 4. The minimum Gasteiger partial charge on any atom is -0.332 e. The molecule has 1 unspecified atom stereocenters. The molecule has 0 bridgehead atoms. The van der Waals surface area contributed by atoms with Gasteiger partial charge in [0.1, 0.15) is 0 Å². The van der Waals surface area contributed by atoms with Crippen LogP contribution in [0, 0.1) is 6.92 Å². The lowest BCUT2D eigenvalue weighted by Gasteiger charge is -2.25. The highest BCUT2D eigenvalue weighted by Crippen LogP contribution is 2.25. The maximum atomic E-state index is 12.9. The fraction of sp³-hybridized carbons (Fsp3) is 0.304. The first-order valence-corrected chi connectivity index (χ1v) is 9.83. The molecule has 2 aromatic rings. The lowest BCUT2D eigenvalue weighted by atomic mass is 10.0. The van der Waals surface area contributed by atoms with Gasteiger partial charge in [-0.05, 0) is 31.9 Å². The van der Waals surface area contributed by atoms with Gasteiger partial charge < -0.3 is 4.90 Å². The number of aryl methyl sites for hydroxylation is 1. The van der Waals surface area contributed by atoms with E-state index in [0.717, 1.165) is 16.9 Å². The van der Waals surface area contributed by atoms with Crippen LogP contribution in [0.2, 0.25) is 0 Å². The predicted molar refractivity (Wildman–Crippen MR) is 107 cm³/mol. The average Bonchev–Trinajstić information content (AvgIpc) is 3.31. The summed E-state index contributed by atoms with van der Waals surface area (Å²) in [6.07, 6.45) is 1.41. The molecule has 6 heteroatoms. The zero-order valence-corrected chi connectivity index (χ0v) is 16.3. The molecular weight excluding hydrogens is 368 g/mol. The second-order valence-electron chi connectivity index (χ2n) is 7.53. The SMILES string of the molecule is Cc1ccc(C(=O)C2CCCN2C(=O)CCN2C(=O)c3ccccc3C2=O)cc1. The van der Waals surface area contributed by atoms with E-state index in [0.29, 0.717) is 29.7 Å². The Morgan fingerprint density at radius 1 is 0.966 bits per heavy atom. The van der Waals surface area contributed by atoms with Crippen LogP contribution >= 0.6 is 0 Å². The zero-order chi connectivity index (χ0) is 20.5. The molecule has 2 aromatic carbocycles. The van der Waals surface area contributed by atoms with Crippen LogP contribution in [-0.4, -0.2) is 52.4 Å². The van der Waals surface area contributed by atoms with Gasteiger partial charge in [-0.25, -0.2) is 0 Å². The first kappa shape index (κ1) is 19.1. The molecule has 148 valence electrons. The third-order valence-electron chi connectivity index (χ3n) is 5.64. The van der Waals surface area contributed by atoms with E-state index < -0.39 is 6.04 Å². The summed E-state index contributed by atoms with van der Waals surface area (Å²) in [5, 5.41) is 0. The van der Waals surface area contributed by atoms with Crippen molar-refractivity contribution in [1.82, 2.24) is 9.80 Å². The Kier molecular flexibility index (Phi) is 5.01. The van der Waals surface area contributed by atoms with E-state index in [4.69, 9.17) is 0 Å². The van der Waals surface area contributed by atoms with E-state index >= 15 is 0 Å². The molecule has 1 fully saturated rings. The summed E-state index contributed by atoms with van der Waals surface area (Å²) < 4.78 is 0. The molecule has 0 aromatic heterocycles. The third kappa shape index (κ3) is 3.46. The number of likely N-dealkylation sites (tertiary alicyclic amines) is 1. The number of rotatable bonds is 5. The number of hydrogen-bond acceptors (Lipinski definition) is 4. The van der Waals surface area contributed by atoms with E-state index in [1.165, 1.54) is 0 Å². The first-order valence-electron chi connectivity index (χ1n) is 9.83. The number of hydrogen-bond donors (Lipinski definition) is 0. The maximum absolute atomic E-state index is 12.9. The number of Topliss-reactive ketones (excluding diaryl/α,β-unsaturated/α-hetero) is 1. The zero-order valence-electron chi connectivity index (χ0n) is 16.3. The van der Waals surface area contributed by atoms with Gasteiger partial charge in [-0.3, -0.25) is 24.1 Å². The van der Waals surface area contributed by atoms with Gasteiger partial charge in [0.2, 0.25) is 5.91 Å². The quantitative estimate of drug-likeness (QED) is 0.581. The molecule has 0 radical (unpaired) electrons. The molecule has 2 heterocycles. The molecule has 1 atom stereocenters. The summed E-state index contributed by atoms with van der Waals surface area (Å²) in [6.45, 7) is 2.50. The molecule has 1 saturated heterocycles. The lowest BCUT2D eigenvalue weighted by molar-refractivity contribution is -0.131. The molecule has 29 heavy (non-hydrogen) atoms. The van der Waals surface area contributed by atoms with Crippen LogP contribution in [0.4, 0.5) is 0 Å². The number of carbonyl (C=O) groups excluding carboxylic acids is 4. The van der Waals surface area contributed by atoms with Crippen molar-refractivity contribution >= 4 is 23.5 Å². The van der Waals surface area contributed by atoms with Gasteiger partial charge in [0.15, 0.2) is 5.78 Å². The summed E-state index contributed by atoms with van der Waals surface area (Å²) in [5.74, 6) is -1.000. The molecule has 2 aliphatic rings. The summed E-state index contributed by atoms with van der Waals surface area (Å²) >= 11 is 0. The standard InChI is InChI=1S/C23H22N2O4/c1-15-8-10-16(11-9-15)21(27)19-7-4-13-24(19)20(26)12-14-25-22(28)17-5-2-3-6-18(17)23(25)29/h2-3,5-6,8-11,19H,4,7,12-14H2,1H3. The van der Waals surface area contributed by atoms with Crippen LogP contribution in [-0.2, 0) is 4.79 Å². The highest BCUT2D eigenvalue weighted by molar-refractivity contribution is 6.21. The molecule has 0 N–H and O–H groups in total. The largest absolute Gasteiger partial charge is 0.332 e. The van der Waals surface area contributed by atoms with Crippen molar-refractivity contribution in [3.63, 3.8) is 0 Å². The van der Waals surface area contributed by atoms with Gasteiger partial charge in [0.05, 0.1) is 17.2 Å². The highest BCUT2D eigenvalue weighted by Gasteiger charge is 2.37. The van der Waals surface area contributed by atoms with Gasteiger partial charge >= 0.3 is 0 Å². The van der Waals surface area contributed by atoms with Crippen LogP contribution in [0.5, 0.6) is 0 Å². The van der Waals surface area contributed by atoms with Crippen molar-refractivity contribution in [2.45, 2.75) is 32.2 Å². The van der Waals surface area contributed by atoms with Crippen molar-refractivity contribution < 1.29 is 19.2 Å². The molecular formula is C23H22N2O4. The van der Waals surface area contributed by atoms with E-state index in [2.05, 4.69) is 0 Å². The van der Waals surface area contributed by atoms with Crippen molar-refractivity contribution in [3.05, 3.63) is 70.8 Å². The molecule has 6 nitrogen and oxygen atoms in total. The van der Waals surface area contributed by atoms with Gasteiger partial charge in [-0.15, -0.1) is 0 Å². The van der Waals surface area contributed by atoms with E-state index in [1.54, 1.807) is 41.3 Å². The number of fused-ring (bicyclic) bond motifs is 1. The van der Waals surface area contributed by atoms with Crippen LogP contribution in [0.15, 0.2) is 48.5 Å². The molecule has 0 aliphatic carbocycles. The lowest BCUT2D eigenvalue weighted by Crippen LogP contribution is -2.42. The van der Waals surface area contributed by atoms with Crippen molar-refractivity contribution in [3.8, 4) is 0 Å². The summed E-state index contributed by atoms with van der Waals surface area (Å²) in [4.78, 5) is 53.3.